The van der Waals surface area contributed by atoms with E-state index in [1.807, 2.05) is 49.4 Å². The molecule has 1 aliphatic rings. The quantitative estimate of drug-likeness (QED) is 0.557. The highest BCUT2D eigenvalue weighted by Crippen LogP contribution is 2.27. The Labute approximate surface area is 170 Å². The fourth-order valence-corrected chi connectivity index (χ4v) is 3.65. The number of anilines is 3. The first-order valence-electron chi connectivity index (χ1n) is 9.77. The fraction of sp³-hybridized carbons (Fsp3) is 0.318. The number of halogens is 1. The topological polar surface area (TPSA) is 62.7 Å². The predicted octanol–water partition coefficient (Wildman–Crippen LogP) is 5.99. The van der Waals surface area contributed by atoms with E-state index in [4.69, 9.17) is 21.6 Å². The summed E-state index contributed by atoms with van der Waals surface area (Å²) in [5, 5.41) is 7.60. The molecule has 0 unspecified atom stereocenters. The van der Waals surface area contributed by atoms with Crippen LogP contribution < -0.4 is 10.6 Å². The average molecular weight is 394 g/mol. The van der Waals surface area contributed by atoms with Gasteiger partial charge in [0.1, 0.15) is 5.82 Å². The molecular weight excluding hydrogens is 370 g/mol. The molecule has 0 saturated heterocycles. The van der Waals surface area contributed by atoms with Crippen molar-refractivity contribution in [3.63, 3.8) is 0 Å². The molecule has 2 heterocycles. The first-order valence-corrected chi connectivity index (χ1v) is 10.2. The van der Waals surface area contributed by atoms with Gasteiger partial charge in [-0.15, -0.1) is 0 Å². The van der Waals surface area contributed by atoms with Crippen molar-refractivity contribution < 1.29 is 0 Å². The van der Waals surface area contributed by atoms with Gasteiger partial charge in [-0.2, -0.15) is 4.98 Å². The van der Waals surface area contributed by atoms with Crippen LogP contribution in [0.15, 0.2) is 48.7 Å². The first-order chi connectivity index (χ1) is 13.7. The Morgan fingerprint density at radius 3 is 2.57 bits per heavy atom. The number of hydrogen-bond acceptors (Lipinski definition) is 5. The van der Waals surface area contributed by atoms with Gasteiger partial charge in [0, 0.05) is 29.0 Å². The van der Waals surface area contributed by atoms with E-state index in [1.54, 1.807) is 6.20 Å². The molecule has 0 amide bonds. The van der Waals surface area contributed by atoms with Crippen LogP contribution in [0.2, 0.25) is 5.02 Å². The lowest BCUT2D eigenvalue weighted by molar-refractivity contribution is 0.461. The summed E-state index contributed by atoms with van der Waals surface area (Å²) in [6.45, 7) is 1.99. The Balaban J connectivity index is 1.65. The van der Waals surface area contributed by atoms with Crippen LogP contribution in [0.1, 0.15) is 37.7 Å². The highest BCUT2D eigenvalue weighted by Gasteiger charge is 2.16. The van der Waals surface area contributed by atoms with E-state index in [2.05, 4.69) is 15.6 Å². The standard InChI is InChI=1S/C22H24ClN5/c1-15-10-11-17(13-18(15)23)25-21-14-20(19-9-5-6-12-24-19)27-22(28-21)26-16-7-3-2-4-8-16/h5-6,9-14,16H,2-4,7-8H2,1H3,(H2,25,26,27,28). The number of pyridine rings is 1. The lowest BCUT2D eigenvalue weighted by Crippen LogP contribution is -2.23. The average Bonchev–Trinajstić information content (AvgIpc) is 2.72. The Hall–Kier alpha value is -2.66. The van der Waals surface area contributed by atoms with Crippen molar-refractivity contribution in [2.75, 3.05) is 10.6 Å². The molecule has 28 heavy (non-hydrogen) atoms. The highest BCUT2D eigenvalue weighted by atomic mass is 35.5. The van der Waals surface area contributed by atoms with Gasteiger partial charge in [0.2, 0.25) is 5.95 Å². The van der Waals surface area contributed by atoms with Crippen molar-refractivity contribution in [2.24, 2.45) is 0 Å². The zero-order valence-corrected chi connectivity index (χ0v) is 16.7. The van der Waals surface area contributed by atoms with Crippen molar-refractivity contribution in [3.05, 3.63) is 59.2 Å². The molecule has 144 valence electrons. The van der Waals surface area contributed by atoms with Gasteiger partial charge in [-0.25, -0.2) is 4.98 Å². The van der Waals surface area contributed by atoms with Crippen molar-refractivity contribution in [1.82, 2.24) is 15.0 Å². The molecule has 2 N–H and O–H groups in total. The van der Waals surface area contributed by atoms with Crippen LogP contribution in [0.25, 0.3) is 11.4 Å². The van der Waals surface area contributed by atoms with Gasteiger partial charge < -0.3 is 10.6 Å². The molecule has 0 spiro atoms. The third-order valence-corrected chi connectivity index (χ3v) is 5.44. The maximum atomic E-state index is 6.27. The summed E-state index contributed by atoms with van der Waals surface area (Å²) in [4.78, 5) is 13.9. The SMILES string of the molecule is Cc1ccc(Nc2cc(-c3ccccn3)nc(NC3CCCCC3)n2)cc1Cl. The third-order valence-electron chi connectivity index (χ3n) is 5.04. The molecule has 1 aliphatic carbocycles. The largest absolute Gasteiger partial charge is 0.351 e. The zero-order chi connectivity index (χ0) is 19.3. The Bertz CT molecular complexity index is 939. The molecule has 4 rings (SSSR count). The summed E-state index contributed by atoms with van der Waals surface area (Å²) in [7, 11) is 0. The summed E-state index contributed by atoms with van der Waals surface area (Å²) in [6, 6.07) is 14.1. The molecule has 0 radical (unpaired) electrons. The Kier molecular flexibility index (Phi) is 5.72. The van der Waals surface area contributed by atoms with Gasteiger partial charge in [0.15, 0.2) is 0 Å². The normalized spacial score (nSPS) is 14.6. The predicted molar refractivity (Wildman–Crippen MR) is 115 cm³/mol. The lowest BCUT2D eigenvalue weighted by atomic mass is 9.96. The van der Waals surface area contributed by atoms with Crippen LogP contribution >= 0.6 is 11.6 Å². The summed E-state index contributed by atoms with van der Waals surface area (Å²) in [6.07, 6.45) is 7.92. The molecule has 1 fully saturated rings. The number of aryl methyl sites for hydroxylation is 1. The van der Waals surface area contributed by atoms with E-state index < -0.39 is 0 Å². The number of rotatable bonds is 5. The van der Waals surface area contributed by atoms with E-state index in [0.717, 1.165) is 40.5 Å². The van der Waals surface area contributed by atoms with E-state index in [-0.39, 0.29) is 0 Å². The summed E-state index contributed by atoms with van der Waals surface area (Å²) in [5.41, 5.74) is 3.55. The third kappa shape index (κ3) is 4.60. The monoisotopic (exact) mass is 393 g/mol. The molecule has 1 aromatic carbocycles. The summed E-state index contributed by atoms with van der Waals surface area (Å²) < 4.78 is 0. The minimum Gasteiger partial charge on any atom is -0.351 e. The molecule has 5 nitrogen and oxygen atoms in total. The van der Waals surface area contributed by atoms with E-state index in [1.165, 1.54) is 19.3 Å². The maximum Gasteiger partial charge on any atom is 0.225 e. The van der Waals surface area contributed by atoms with Gasteiger partial charge in [-0.05, 0) is 49.6 Å². The molecule has 1 saturated carbocycles. The molecule has 0 atom stereocenters. The Morgan fingerprint density at radius 1 is 0.964 bits per heavy atom. The Morgan fingerprint density at radius 2 is 1.82 bits per heavy atom. The smallest absolute Gasteiger partial charge is 0.225 e. The van der Waals surface area contributed by atoms with Crippen molar-refractivity contribution in [3.8, 4) is 11.4 Å². The number of nitrogens with zero attached hydrogens (tertiary/aromatic N) is 3. The number of aromatic nitrogens is 3. The van der Waals surface area contributed by atoms with Crippen LogP contribution in [-0.4, -0.2) is 21.0 Å². The van der Waals surface area contributed by atoms with Crippen LogP contribution in [0, 0.1) is 6.92 Å². The van der Waals surface area contributed by atoms with Crippen LogP contribution in [-0.2, 0) is 0 Å². The highest BCUT2D eigenvalue weighted by molar-refractivity contribution is 6.31. The number of hydrogen-bond donors (Lipinski definition) is 2. The molecule has 3 aromatic rings. The molecule has 0 bridgehead atoms. The van der Waals surface area contributed by atoms with E-state index in [9.17, 15) is 0 Å². The second kappa shape index (κ2) is 8.57. The molecule has 0 aliphatic heterocycles. The van der Waals surface area contributed by atoms with Gasteiger partial charge in [-0.3, -0.25) is 4.98 Å². The summed E-state index contributed by atoms with van der Waals surface area (Å²) in [5.74, 6) is 1.35. The van der Waals surface area contributed by atoms with Crippen molar-refractivity contribution in [2.45, 2.75) is 45.1 Å². The van der Waals surface area contributed by atoms with Crippen LogP contribution in [0.3, 0.4) is 0 Å². The van der Waals surface area contributed by atoms with E-state index in [0.29, 0.717) is 17.8 Å². The van der Waals surface area contributed by atoms with Gasteiger partial charge in [0.25, 0.3) is 0 Å². The minimum absolute atomic E-state index is 0.425. The molecule has 6 heteroatoms. The second-order valence-electron chi connectivity index (χ2n) is 7.25. The van der Waals surface area contributed by atoms with Gasteiger partial charge in [-0.1, -0.05) is 43.0 Å². The second-order valence-corrected chi connectivity index (χ2v) is 7.65. The van der Waals surface area contributed by atoms with Gasteiger partial charge in [0.05, 0.1) is 11.4 Å². The molecule has 2 aromatic heterocycles. The number of nitrogens with one attached hydrogen (secondary N) is 2. The fourth-order valence-electron chi connectivity index (χ4n) is 3.47. The van der Waals surface area contributed by atoms with Crippen LogP contribution in [0.5, 0.6) is 0 Å². The maximum absolute atomic E-state index is 6.27. The van der Waals surface area contributed by atoms with Crippen molar-refractivity contribution >= 4 is 29.1 Å². The van der Waals surface area contributed by atoms with Gasteiger partial charge >= 0.3 is 0 Å². The summed E-state index contributed by atoms with van der Waals surface area (Å²) >= 11 is 6.27. The lowest BCUT2D eigenvalue weighted by Gasteiger charge is -2.23. The van der Waals surface area contributed by atoms with E-state index >= 15 is 0 Å². The molecular formula is C22H24ClN5. The van der Waals surface area contributed by atoms with Crippen LogP contribution in [0.4, 0.5) is 17.5 Å². The zero-order valence-electron chi connectivity index (χ0n) is 16.0. The minimum atomic E-state index is 0.425. The van der Waals surface area contributed by atoms with Crippen molar-refractivity contribution in [1.29, 1.82) is 0 Å². The first kappa shape index (κ1) is 18.7. The number of benzene rings is 1.